The van der Waals surface area contributed by atoms with Crippen molar-refractivity contribution in [2.75, 3.05) is 0 Å². The zero-order chi connectivity index (χ0) is 16.9. The number of phenols is 1. The Hall–Kier alpha value is -2.16. The second-order valence-corrected chi connectivity index (χ2v) is 6.45. The third-order valence-corrected chi connectivity index (χ3v) is 4.78. The monoisotopic (exact) mass is 328 g/mol. The molecule has 0 bridgehead atoms. The van der Waals surface area contributed by atoms with Crippen LogP contribution in [0.1, 0.15) is 43.2 Å². The molecule has 0 fully saturated rings. The Morgan fingerprint density at radius 1 is 1.04 bits per heavy atom. The van der Waals surface area contributed by atoms with Crippen LogP contribution in [0.4, 0.5) is 8.78 Å². The van der Waals surface area contributed by atoms with Crippen LogP contribution in [0.5, 0.6) is 5.75 Å². The first-order valence-corrected chi connectivity index (χ1v) is 8.57. The highest BCUT2D eigenvalue weighted by Crippen LogP contribution is 2.39. The summed E-state index contributed by atoms with van der Waals surface area (Å²) in [5.41, 5.74) is 2.60. The predicted octanol–water partition coefficient (Wildman–Crippen LogP) is 5.88. The van der Waals surface area contributed by atoms with Gasteiger partial charge in [0.25, 0.3) is 0 Å². The van der Waals surface area contributed by atoms with Crippen molar-refractivity contribution in [2.45, 2.75) is 38.5 Å². The first-order chi connectivity index (χ1) is 11.6. The van der Waals surface area contributed by atoms with Crippen LogP contribution >= 0.6 is 0 Å². The summed E-state index contributed by atoms with van der Waals surface area (Å²) >= 11 is 0. The minimum atomic E-state index is -0.582. The van der Waals surface area contributed by atoms with E-state index in [1.807, 2.05) is 6.07 Å². The van der Waals surface area contributed by atoms with E-state index in [1.54, 1.807) is 24.3 Å². The molecule has 0 amide bonds. The van der Waals surface area contributed by atoms with Gasteiger partial charge < -0.3 is 5.11 Å². The first-order valence-electron chi connectivity index (χ1n) is 8.57. The summed E-state index contributed by atoms with van der Waals surface area (Å²) < 4.78 is 27.1. The van der Waals surface area contributed by atoms with Crippen molar-refractivity contribution in [2.24, 2.45) is 5.92 Å². The Kier molecular flexibility index (Phi) is 5.29. The molecule has 1 N–H and O–H groups in total. The van der Waals surface area contributed by atoms with Gasteiger partial charge in [-0.3, -0.25) is 0 Å². The Labute approximate surface area is 141 Å². The lowest BCUT2D eigenvalue weighted by molar-refractivity contribution is 0.429. The van der Waals surface area contributed by atoms with Gasteiger partial charge in [0, 0.05) is 5.56 Å². The first kappa shape index (κ1) is 16.7. The summed E-state index contributed by atoms with van der Waals surface area (Å²) in [6.07, 6.45) is 7.96. The summed E-state index contributed by atoms with van der Waals surface area (Å²) in [7, 11) is 0. The number of phenolic OH excluding ortho intramolecular Hbond substituents is 1. The van der Waals surface area contributed by atoms with Crippen LogP contribution in [0.15, 0.2) is 48.5 Å². The Morgan fingerprint density at radius 2 is 1.88 bits per heavy atom. The summed E-state index contributed by atoms with van der Waals surface area (Å²) in [5, 5.41) is 10.1. The van der Waals surface area contributed by atoms with Gasteiger partial charge in [-0.05, 0) is 67.4 Å². The number of halogens is 2. The molecule has 126 valence electrons. The molecule has 3 rings (SSSR count). The number of benzene rings is 2. The van der Waals surface area contributed by atoms with E-state index in [4.69, 9.17) is 0 Å². The van der Waals surface area contributed by atoms with Gasteiger partial charge in [-0.15, -0.1) is 0 Å². The molecule has 2 aromatic carbocycles. The average molecular weight is 328 g/mol. The van der Waals surface area contributed by atoms with Crippen LogP contribution < -0.4 is 0 Å². The van der Waals surface area contributed by atoms with Crippen LogP contribution in [-0.2, 0) is 6.42 Å². The van der Waals surface area contributed by atoms with Crippen molar-refractivity contribution in [1.29, 1.82) is 0 Å². The molecule has 1 atom stereocenters. The second kappa shape index (κ2) is 7.61. The smallest absolute Gasteiger partial charge is 0.165 e. The van der Waals surface area contributed by atoms with Gasteiger partial charge >= 0.3 is 0 Å². The van der Waals surface area contributed by atoms with E-state index in [9.17, 15) is 13.9 Å². The third-order valence-electron chi connectivity index (χ3n) is 4.78. The van der Waals surface area contributed by atoms with Crippen LogP contribution in [0.2, 0.25) is 0 Å². The molecule has 0 heterocycles. The highest BCUT2D eigenvalue weighted by atomic mass is 19.1. The number of hydrogen-bond donors (Lipinski definition) is 1. The summed E-state index contributed by atoms with van der Waals surface area (Å²) in [4.78, 5) is 0. The molecule has 2 aromatic rings. The molecule has 1 nitrogen and oxygen atoms in total. The molecule has 1 unspecified atom stereocenters. The fourth-order valence-electron chi connectivity index (χ4n) is 3.53. The lowest BCUT2D eigenvalue weighted by Gasteiger charge is -2.20. The van der Waals surface area contributed by atoms with E-state index in [0.29, 0.717) is 5.56 Å². The third kappa shape index (κ3) is 3.84. The van der Waals surface area contributed by atoms with Gasteiger partial charge in [0.2, 0.25) is 0 Å². The van der Waals surface area contributed by atoms with Crippen LogP contribution in [0.3, 0.4) is 0 Å². The van der Waals surface area contributed by atoms with Gasteiger partial charge in [0.1, 0.15) is 5.82 Å². The lowest BCUT2D eigenvalue weighted by Crippen LogP contribution is -2.06. The maximum absolute atomic E-state index is 13.7. The molecule has 1 aliphatic carbocycles. The van der Waals surface area contributed by atoms with Gasteiger partial charge in [0.05, 0.1) is 0 Å². The molecule has 3 heteroatoms. The van der Waals surface area contributed by atoms with Gasteiger partial charge in [0.15, 0.2) is 11.6 Å². The Morgan fingerprint density at radius 3 is 2.71 bits per heavy atom. The van der Waals surface area contributed by atoms with Crippen molar-refractivity contribution >= 4 is 5.57 Å². The number of aryl methyl sites for hydroxylation is 1. The van der Waals surface area contributed by atoms with E-state index < -0.39 is 5.82 Å². The molecular formula is C21H22F2O. The molecular weight excluding hydrogens is 306 g/mol. The largest absolute Gasteiger partial charge is 0.504 e. The molecule has 0 aromatic heterocycles. The van der Waals surface area contributed by atoms with E-state index in [-0.39, 0.29) is 17.5 Å². The number of aromatic hydroxyl groups is 1. The molecule has 0 aliphatic heterocycles. The lowest BCUT2D eigenvalue weighted by atomic mass is 9.85. The van der Waals surface area contributed by atoms with Crippen molar-refractivity contribution < 1.29 is 13.9 Å². The van der Waals surface area contributed by atoms with E-state index in [0.717, 1.165) is 49.7 Å². The molecule has 0 saturated heterocycles. The van der Waals surface area contributed by atoms with Crippen LogP contribution in [-0.4, -0.2) is 5.11 Å². The Balaban J connectivity index is 1.82. The van der Waals surface area contributed by atoms with Crippen molar-refractivity contribution in [3.05, 3.63) is 71.3 Å². The van der Waals surface area contributed by atoms with Crippen molar-refractivity contribution in [3.63, 3.8) is 0 Å². The Bertz CT molecular complexity index is 736. The molecule has 0 saturated carbocycles. The molecule has 0 radical (unpaired) electrons. The highest BCUT2D eigenvalue weighted by molar-refractivity contribution is 5.72. The van der Waals surface area contributed by atoms with Gasteiger partial charge in [-0.25, -0.2) is 8.78 Å². The fourth-order valence-corrected chi connectivity index (χ4v) is 3.53. The van der Waals surface area contributed by atoms with E-state index in [2.05, 4.69) is 6.08 Å². The summed E-state index contributed by atoms with van der Waals surface area (Å²) in [6, 6.07) is 11.4. The van der Waals surface area contributed by atoms with E-state index >= 15 is 0 Å². The van der Waals surface area contributed by atoms with Crippen molar-refractivity contribution in [3.8, 4) is 5.75 Å². The number of hydrogen-bond acceptors (Lipinski definition) is 1. The van der Waals surface area contributed by atoms with Crippen LogP contribution in [0, 0.1) is 17.6 Å². The average Bonchev–Trinajstić information content (AvgIpc) is 2.81. The molecule has 0 spiro atoms. The summed E-state index contributed by atoms with van der Waals surface area (Å²) in [6.45, 7) is 0. The normalized spacial score (nSPS) is 18.1. The van der Waals surface area contributed by atoms with Gasteiger partial charge in [-0.2, -0.15) is 0 Å². The molecule has 1 aliphatic rings. The fraction of sp³-hybridized carbons (Fsp3) is 0.333. The quantitative estimate of drug-likeness (QED) is 0.743. The predicted molar refractivity (Wildman–Crippen MR) is 92.7 cm³/mol. The topological polar surface area (TPSA) is 20.2 Å². The molecule has 24 heavy (non-hydrogen) atoms. The van der Waals surface area contributed by atoms with Crippen LogP contribution in [0.25, 0.3) is 5.57 Å². The maximum Gasteiger partial charge on any atom is 0.165 e. The summed E-state index contributed by atoms with van der Waals surface area (Å²) in [5.74, 6) is -0.807. The number of rotatable bonds is 4. The standard InChI is InChI=1S/C21H22F2O/c22-17-8-4-6-15(14-17)12-13-16-7-2-1-3-9-18(16)19-10-5-11-20(23)21(19)24/h4-6,8-11,14,16,24H,1-3,7,12-13H2. The van der Waals surface area contributed by atoms with Gasteiger partial charge in [-0.1, -0.05) is 36.8 Å². The minimum Gasteiger partial charge on any atom is -0.504 e. The number of allylic oxidation sites excluding steroid dienone is 2. The maximum atomic E-state index is 13.7. The van der Waals surface area contributed by atoms with E-state index in [1.165, 1.54) is 12.1 Å². The highest BCUT2D eigenvalue weighted by Gasteiger charge is 2.21. The zero-order valence-electron chi connectivity index (χ0n) is 13.6. The minimum absolute atomic E-state index is 0.216. The number of para-hydroxylation sites is 1. The second-order valence-electron chi connectivity index (χ2n) is 6.45. The SMILES string of the molecule is Oc1c(F)cccc1C1=CCCCCC1CCc1cccc(F)c1. The van der Waals surface area contributed by atoms with Crippen molar-refractivity contribution in [1.82, 2.24) is 0 Å². The zero-order valence-corrected chi connectivity index (χ0v) is 13.6.